The predicted molar refractivity (Wildman–Crippen MR) is 131 cm³/mol. The molecule has 0 unspecified atom stereocenters. The van der Waals surface area contributed by atoms with Gasteiger partial charge in [0.25, 0.3) is 11.8 Å². The van der Waals surface area contributed by atoms with Gasteiger partial charge in [-0.1, -0.05) is 47.5 Å². The Labute approximate surface area is 192 Å². The molecule has 32 heavy (non-hydrogen) atoms. The molecule has 162 valence electrons. The number of imide groups is 1. The summed E-state index contributed by atoms with van der Waals surface area (Å²) in [4.78, 5) is 30.3. The molecule has 0 radical (unpaired) electrons. The molecule has 1 aliphatic heterocycles. The van der Waals surface area contributed by atoms with Crippen molar-refractivity contribution in [2.24, 2.45) is 0 Å². The number of hydrogen-bond donors (Lipinski definition) is 1. The molecule has 2 amide bonds. The number of rotatable bonds is 5. The van der Waals surface area contributed by atoms with Gasteiger partial charge in [0.15, 0.2) is 0 Å². The number of halogens is 1. The van der Waals surface area contributed by atoms with Gasteiger partial charge in [-0.3, -0.25) is 9.59 Å². The molecule has 0 atom stereocenters. The number of nitrogens with zero attached hydrogens (tertiary/aromatic N) is 2. The van der Waals surface area contributed by atoms with E-state index in [2.05, 4.69) is 5.32 Å². The van der Waals surface area contributed by atoms with Crippen LogP contribution in [-0.4, -0.2) is 25.9 Å². The normalized spacial score (nSPS) is 13.7. The van der Waals surface area contributed by atoms with Crippen LogP contribution in [0, 0.1) is 13.8 Å². The molecule has 1 N–H and O–H groups in total. The van der Waals surface area contributed by atoms with Crippen molar-refractivity contribution < 1.29 is 9.59 Å². The molecule has 1 heterocycles. The van der Waals surface area contributed by atoms with E-state index < -0.39 is 5.91 Å². The van der Waals surface area contributed by atoms with E-state index in [9.17, 15) is 9.59 Å². The summed E-state index contributed by atoms with van der Waals surface area (Å²) in [5.41, 5.74) is 5.26. The first-order valence-electron chi connectivity index (χ1n) is 10.3. The molecule has 3 aromatic rings. The average Bonchev–Trinajstić information content (AvgIpc) is 3.01. The zero-order valence-electron chi connectivity index (χ0n) is 18.4. The van der Waals surface area contributed by atoms with Crippen LogP contribution >= 0.6 is 11.6 Å². The largest absolute Gasteiger partial charge is 0.378 e. The Bertz CT molecular complexity index is 1230. The number of hydrogen-bond acceptors (Lipinski definition) is 4. The summed E-state index contributed by atoms with van der Waals surface area (Å²) in [6, 6.07) is 20.5. The molecule has 0 saturated heterocycles. The van der Waals surface area contributed by atoms with Gasteiger partial charge >= 0.3 is 0 Å². The van der Waals surface area contributed by atoms with Crippen LogP contribution in [0.1, 0.15) is 16.7 Å². The first-order chi connectivity index (χ1) is 15.3. The van der Waals surface area contributed by atoms with Crippen molar-refractivity contribution in [2.75, 3.05) is 29.2 Å². The highest BCUT2D eigenvalue weighted by Gasteiger charge is 2.41. The molecular formula is C26H24ClN3O2. The summed E-state index contributed by atoms with van der Waals surface area (Å²) in [5, 5.41) is 3.70. The van der Waals surface area contributed by atoms with Gasteiger partial charge in [0.2, 0.25) is 0 Å². The van der Waals surface area contributed by atoms with E-state index in [1.807, 2.05) is 74.4 Å². The molecule has 4 rings (SSSR count). The number of nitrogens with one attached hydrogen (secondary N) is 1. The van der Waals surface area contributed by atoms with Crippen LogP contribution in [0.15, 0.2) is 72.4 Å². The van der Waals surface area contributed by atoms with Crippen LogP contribution in [0.5, 0.6) is 0 Å². The van der Waals surface area contributed by atoms with Crippen LogP contribution in [0.2, 0.25) is 5.02 Å². The van der Waals surface area contributed by atoms with Crippen LogP contribution in [0.4, 0.5) is 17.1 Å². The Morgan fingerprint density at radius 2 is 1.50 bits per heavy atom. The molecule has 0 spiro atoms. The molecular weight excluding hydrogens is 422 g/mol. The second kappa shape index (κ2) is 8.52. The SMILES string of the molecule is Cc1ccc(C2=C(Nc3ccc(N(C)C)cc3)C(=O)N(c3cccc(Cl)c3C)C2=O)cc1. The maximum Gasteiger partial charge on any atom is 0.282 e. The number of anilines is 3. The van der Waals surface area contributed by atoms with E-state index in [4.69, 9.17) is 11.6 Å². The highest BCUT2D eigenvalue weighted by atomic mass is 35.5. The number of amides is 2. The Kier molecular flexibility index (Phi) is 5.76. The maximum absolute atomic E-state index is 13.6. The van der Waals surface area contributed by atoms with Crippen molar-refractivity contribution in [1.29, 1.82) is 0 Å². The number of benzene rings is 3. The first kappa shape index (κ1) is 21.7. The Balaban J connectivity index is 1.81. The lowest BCUT2D eigenvalue weighted by atomic mass is 10.0. The monoisotopic (exact) mass is 445 g/mol. The lowest BCUT2D eigenvalue weighted by molar-refractivity contribution is -0.120. The maximum atomic E-state index is 13.6. The van der Waals surface area contributed by atoms with E-state index in [0.717, 1.165) is 16.9 Å². The van der Waals surface area contributed by atoms with Crippen molar-refractivity contribution >= 4 is 46.1 Å². The van der Waals surface area contributed by atoms with Gasteiger partial charge in [-0.05, 0) is 61.4 Å². The summed E-state index contributed by atoms with van der Waals surface area (Å²) in [7, 11) is 3.93. The standard InChI is InChI=1S/C26H24ClN3O2/c1-16-8-10-18(11-9-16)23-24(28-19-12-14-20(15-13-19)29(3)4)26(32)30(25(23)31)22-7-5-6-21(27)17(22)2/h5-15,28H,1-4H3. The van der Waals surface area contributed by atoms with E-state index in [1.54, 1.807) is 25.1 Å². The zero-order valence-corrected chi connectivity index (χ0v) is 19.2. The third kappa shape index (κ3) is 3.87. The van der Waals surface area contributed by atoms with Crippen molar-refractivity contribution in [3.05, 3.63) is 94.1 Å². The lowest BCUT2D eigenvalue weighted by Gasteiger charge is -2.18. The summed E-state index contributed by atoms with van der Waals surface area (Å²) in [6.07, 6.45) is 0. The fraction of sp³-hybridized carbons (Fsp3) is 0.154. The molecule has 6 heteroatoms. The summed E-state index contributed by atoms with van der Waals surface area (Å²) in [6.45, 7) is 3.78. The minimum Gasteiger partial charge on any atom is -0.378 e. The molecule has 3 aromatic carbocycles. The molecule has 0 fully saturated rings. The zero-order chi connectivity index (χ0) is 23.0. The van der Waals surface area contributed by atoms with Crippen molar-refractivity contribution in [1.82, 2.24) is 0 Å². The Morgan fingerprint density at radius 1 is 0.844 bits per heavy atom. The molecule has 0 aliphatic carbocycles. The van der Waals surface area contributed by atoms with Crippen molar-refractivity contribution in [3.8, 4) is 0 Å². The van der Waals surface area contributed by atoms with Gasteiger partial charge in [-0.15, -0.1) is 0 Å². The molecule has 0 aromatic heterocycles. The second-order valence-electron chi connectivity index (χ2n) is 8.01. The fourth-order valence-electron chi connectivity index (χ4n) is 3.68. The smallest absolute Gasteiger partial charge is 0.282 e. The van der Waals surface area contributed by atoms with Gasteiger partial charge < -0.3 is 10.2 Å². The van der Waals surface area contributed by atoms with Gasteiger partial charge in [0.1, 0.15) is 5.70 Å². The number of carbonyl (C=O) groups is 2. The van der Waals surface area contributed by atoms with E-state index >= 15 is 0 Å². The molecule has 5 nitrogen and oxygen atoms in total. The van der Waals surface area contributed by atoms with Crippen LogP contribution in [-0.2, 0) is 9.59 Å². The average molecular weight is 446 g/mol. The quantitative estimate of drug-likeness (QED) is 0.533. The summed E-state index contributed by atoms with van der Waals surface area (Å²) in [5.74, 6) is -0.788. The van der Waals surface area contributed by atoms with E-state index in [1.165, 1.54) is 4.90 Å². The molecule has 1 aliphatic rings. The molecule has 0 saturated carbocycles. The minimum absolute atomic E-state index is 0.246. The van der Waals surface area contributed by atoms with Crippen LogP contribution in [0.3, 0.4) is 0 Å². The topological polar surface area (TPSA) is 52.7 Å². The van der Waals surface area contributed by atoms with Crippen LogP contribution < -0.4 is 15.1 Å². The second-order valence-corrected chi connectivity index (χ2v) is 8.42. The third-order valence-corrected chi connectivity index (χ3v) is 5.97. The lowest BCUT2D eigenvalue weighted by Crippen LogP contribution is -2.33. The number of carbonyl (C=O) groups excluding carboxylic acids is 2. The summed E-state index contributed by atoms with van der Waals surface area (Å²) >= 11 is 6.28. The van der Waals surface area contributed by atoms with Gasteiger partial charge in [0.05, 0.1) is 11.3 Å². The summed E-state index contributed by atoms with van der Waals surface area (Å²) < 4.78 is 0. The number of aryl methyl sites for hydroxylation is 1. The first-order valence-corrected chi connectivity index (χ1v) is 10.7. The minimum atomic E-state index is -0.410. The Morgan fingerprint density at radius 3 is 2.12 bits per heavy atom. The van der Waals surface area contributed by atoms with Gasteiger partial charge in [-0.2, -0.15) is 0 Å². The van der Waals surface area contributed by atoms with E-state index in [0.29, 0.717) is 27.4 Å². The van der Waals surface area contributed by atoms with Gasteiger partial charge in [-0.25, -0.2) is 4.90 Å². The molecule has 0 bridgehead atoms. The predicted octanol–water partition coefficient (Wildman–Crippen LogP) is 5.42. The van der Waals surface area contributed by atoms with Crippen LogP contribution in [0.25, 0.3) is 5.57 Å². The van der Waals surface area contributed by atoms with E-state index in [-0.39, 0.29) is 11.6 Å². The third-order valence-electron chi connectivity index (χ3n) is 5.56. The Hall–Kier alpha value is -3.57. The van der Waals surface area contributed by atoms with Gasteiger partial charge in [0, 0.05) is 30.5 Å². The van der Waals surface area contributed by atoms with Crippen molar-refractivity contribution in [3.63, 3.8) is 0 Å². The highest BCUT2D eigenvalue weighted by Crippen LogP contribution is 2.36. The fourth-order valence-corrected chi connectivity index (χ4v) is 3.85. The highest BCUT2D eigenvalue weighted by molar-refractivity contribution is 6.46. The van der Waals surface area contributed by atoms with Crippen molar-refractivity contribution in [2.45, 2.75) is 13.8 Å².